The summed E-state index contributed by atoms with van der Waals surface area (Å²) in [6.07, 6.45) is 2.05. The van der Waals surface area contributed by atoms with E-state index in [9.17, 15) is 14.3 Å². The highest BCUT2D eigenvalue weighted by molar-refractivity contribution is 5.82. The molecule has 1 unspecified atom stereocenters. The van der Waals surface area contributed by atoms with Gasteiger partial charge in [-0.1, -0.05) is 13.0 Å². The Kier molecular flexibility index (Phi) is 3.99. The van der Waals surface area contributed by atoms with Gasteiger partial charge in [-0.15, -0.1) is 0 Å². The first-order chi connectivity index (χ1) is 9.48. The van der Waals surface area contributed by atoms with Crippen molar-refractivity contribution in [1.82, 2.24) is 10.3 Å². The minimum Gasteiger partial charge on any atom is -0.480 e. The number of carboxylic acid groups (broad SMARTS) is 1. The van der Waals surface area contributed by atoms with Gasteiger partial charge in [0.1, 0.15) is 11.4 Å². The second-order valence-electron chi connectivity index (χ2n) is 4.95. The van der Waals surface area contributed by atoms with Crippen molar-refractivity contribution in [1.29, 1.82) is 0 Å². The van der Waals surface area contributed by atoms with Crippen LogP contribution in [-0.4, -0.2) is 21.6 Å². The highest BCUT2D eigenvalue weighted by atomic mass is 19.1. The average molecular weight is 276 g/mol. The zero-order valence-electron chi connectivity index (χ0n) is 11.5. The number of halogens is 1. The first-order valence-corrected chi connectivity index (χ1v) is 6.48. The molecule has 1 aromatic carbocycles. The summed E-state index contributed by atoms with van der Waals surface area (Å²) in [5.41, 5.74) is 0.335. The topological polar surface area (TPSA) is 62.2 Å². The first-order valence-electron chi connectivity index (χ1n) is 6.48. The van der Waals surface area contributed by atoms with Crippen LogP contribution in [0.4, 0.5) is 4.39 Å². The van der Waals surface area contributed by atoms with Gasteiger partial charge in [0.2, 0.25) is 0 Å². The minimum absolute atomic E-state index is 0.324. The number of rotatable bonds is 5. The number of carbonyl (C=O) groups is 1. The molecule has 2 aromatic rings. The molecule has 106 valence electrons. The van der Waals surface area contributed by atoms with Crippen LogP contribution in [0.1, 0.15) is 25.8 Å². The van der Waals surface area contributed by atoms with E-state index in [4.69, 9.17) is 0 Å². The summed E-state index contributed by atoms with van der Waals surface area (Å²) >= 11 is 0. The third-order valence-corrected chi connectivity index (χ3v) is 3.65. The highest BCUT2D eigenvalue weighted by Crippen LogP contribution is 2.20. The maximum absolute atomic E-state index is 13.7. The SMILES string of the molecule is CCC(C)(NCc1ccc(F)c2cccnc12)C(=O)O. The molecule has 0 saturated carbocycles. The van der Waals surface area contributed by atoms with Gasteiger partial charge in [-0.3, -0.25) is 15.1 Å². The summed E-state index contributed by atoms with van der Waals surface area (Å²) in [6, 6.07) is 6.36. The van der Waals surface area contributed by atoms with Gasteiger partial charge in [0.15, 0.2) is 0 Å². The van der Waals surface area contributed by atoms with E-state index >= 15 is 0 Å². The van der Waals surface area contributed by atoms with Gasteiger partial charge in [-0.2, -0.15) is 0 Å². The fourth-order valence-corrected chi connectivity index (χ4v) is 1.98. The predicted molar refractivity (Wildman–Crippen MR) is 74.9 cm³/mol. The summed E-state index contributed by atoms with van der Waals surface area (Å²) in [7, 11) is 0. The highest BCUT2D eigenvalue weighted by Gasteiger charge is 2.30. The number of nitrogens with one attached hydrogen (secondary N) is 1. The number of carboxylic acids is 1. The number of hydrogen-bond acceptors (Lipinski definition) is 3. The summed E-state index contributed by atoms with van der Waals surface area (Å²) in [4.78, 5) is 15.4. The number of nitrogens with zero attached hydrogens (tertiary/aromatic N) is 1. The van der Waals surface area contributed by atoms with E-state index in [-0.39, 0.29) is 5.82 Å². The molecule has 0 amide bonds. The Labute approximate surface area is 116 Å². The van der Waals surface area contributed by atoms with E-state index in [0.29, 0.717) is 23.9 Å². The van der Waals surface area contributed by atoms with Crippen molar-refractivity contribution in [2.45, 2.75) is 32.4 Å². The second-order valence-corrected chi connectivity index (χ2v) is 4.95. The van der Waals surface area contributed by atoms with Gasteiger partial charge >= 0.3 is 5.97 Å². The monoisotopic (exact) mass is 276 g/mol. The average Bonchev–Trinajstić information content (AvgIpc) is 2.46. The molecule has 0 fully saturated rings. The maximum Gasteiger partial charge on any atom is 0.323 e. The number of aromatic nitrogens is 1. The zero-order valence-corrected chi connectivity index (χ0v) is 11.5. The molecule has 0 bridgehead atoms. The smallest absolute Gasteiger partial charge is 0.323 e. The number of fused-ring (bicyclic) bond motifs is 1. The maximum atomic E-state index is 13.7. The van der Waals surface area contributed by atoms with Crippen LogP contribution in [0.25, 0.3) is 10.9 Å². The van der Waals surface area contributed by atoms with Crippen LogP contribution in [0.5, 0.6) is 0 Å². The normalized spacial score (nSPS) is 14.2. The molecule has 2 N–H and O–H groups in total. The molecule has 0 aliphatic heterocycles. The van der Waals surface area contributed by atoms with E-state index in [2.05, 4.69) is 10.3 Å². The second kappa shape index (κ2) is 5.54. The third kappa shape index (κ3) is 2.63. The van der Waals surface area contributed by atoms with E-state index in [1.165, 1.54) is 6.07 Å². The zero-order chi connectivity index (χ0) is 14.8. The van der Waals surface area contributed by atoms with Crippen LogP contribution in [0.15, 0.2) is 30.5 Å². The molecule has 1 atom stereocenters. The Morgan fingerprint density at radius 3 is 2.85 bits per heavy atom. The van der Waals surface area contributed by atoms with Crippen LogP contribution in [0, 0.1) is 5.82 Å². The van der Waals surface area contributed by atoms with Crippen molar-refractivity contribution in [3.63, 3.8) is 0 Å². The van der Waals surface area contributed by atoms with E-state index in [1.54, 1.807) is 31.3 Å². The Balaban J connectivity index is 2.31. The Bertz CT molecular complexity index is 645. The summed E-state index contributed by atoms with van der Waals surface area (Å²) in [5.74, 6) is -1.23. The van der Waals surface area contributed by atoms with Crippen LogP contribution in [0.2, 0.25) is 0 Å². The summed E-state index contributed by atoms with van der Waals surface area (Å²) in [6.45, 7) is 3.76. The molecule has 1 heterocycles. The van der Waals surface area contributed by atoms with Crippen LogP contribution in [-0.2, 0) is 11.3 Å². The molecular weight excluding hydrogens is 259 g/mol. The quantitative estimate of drug-likeness (QED) is 0.881. The molecule has 0 aliphatic carbocycles. The molecule has 2 rings (SSSR count). The summed E-state index contributed by atoms with van der Waals surface area (Å²) < 4.78 is 13.7. The van der Waals surface area contributed by atoms with Gasteiger partial charge in [-0.05, 0) is 37.1 Å². The fourth-order valence-electron chi connectivity index (χ4n) is 1.98. The molecule has 5 heteroatoms. The lowest BCUT2D eigenvalue weighted by atomic mass is 9.98. The minimum atomic E-state index is -1.00. The predicted octanol–water partition coefficient (Wildman–Crippen LogP) is 2.72. The van der Waals surface area contributed by atoms with Crippen molar-refractivity contribution in [3.8, 4) is 0 Å². The molecule has 4 nitrogen and oxygen atoms in total. The van der Waals surface area contributed by atoms with Crippen molar-refractivity contribution in [2.24, 2.45) is 0 Å². The first kappa shape index (κ1) is 14.4. The lowest BCUT2D eigenvalue weighted by molar-refractivity contribution is -0.144. The van der Waals surface area contributed by atoms with Crippen molar-refractivity contribution in [2.75, 3.05) is 0 Å². The third-order valence-electron chi connectivity index (χ3n) is 3.65. The molecule has 1 aromatic heterocycles. The standard InChI is InChI=1S/C15H17FN2O2/c1-3-15(2,14(19)20)18-9-10-6-7-12(16)11-5-4-8-17-13(10)11/h4-8,18H,3,9H2,1-2H3,(H,19,20). The molecule has 0 aliphatic rings. The molecular formula is C15H17FN2O2. The number of hydrogen-bond donors (Lipinski definition) is 2. The molecule has 20 heavy (non-hydrogen) atoms. The largest absolute Gasteiger partial charge is 0.480 e. The lowest BCUT2D eigenvalue weighted by Gasteiger charge is -2.25. The van der Waals surface area contributed by atoms with Crippen LogP contribution >= 0.6 is 0 Å². The van der Waals surface area contributed by atoms with Gasteiger partial charge < -0.3 is 5.11 Å². The lowest BCUT2D eigenvalue weighted by Crippen LogP contribution is -2.48. The van der Waals surface area contributed by atoms with Gasteiger partial charge in [0.05, 0.1) is 5.52 Å². The summed E-state index contributed by atoms with van der Waals surface area (Å²) in [5, 5.41) is 12.7. The molecule has 0 saturated heterocycles. The number of pyridine rings is 1. The number of aliphatic carboxylic acids is 1. The van der Waals surface area contributed by atoms with Crippen molar-refractivity contribution < 1.29 is 14.3 Å². The van der Waals surface area contributed by atoms with Crippen molar-refractivity contribution in [3.05, 3.63) is 41.8 Å². The van der Waals surface area contributed by atoms with Crippen LogP contribution < -0.4 is 5.32 Å². The van der Waals surface area contributed by atoms with E-state index < -0.39 is 11.5 Å². The number of benzene rings is 1. The Hall–Kier alpha value is -2.01. The van der Waals surface area contributed by atoms with Gasteiger partial charge in [0.25, 0.3) is 0 Å². The van der Waals surface area contributed by atoms with Crippen molar-refractivity contribution >= 4 is 16.9 Å². The Morgan fingerprint density at radius 1 is 1.45 bits per heavy atom. The Morgan fingerprint density at radius 2 is 2.20 bits per heavy atom. The van der Waals surface area contributed by atoms with E-state index in [1.807, 2.05) is 6.92 Å². The fraction of sp³-hybridized carbons (Fsp3) is 0.333. The molecule has 0 radical (unpaired) electrons. The van der Waals surface area contributed by atoms with Crippen LogP contribution in [0.3, 0.4) is 0 Å². The van der Waals surface area contributed by atoms with Gasteiger partial charge in [-0.25, -0.2) is 4.39 Å². The van der Waals surface area contributed by atoms with Gasteiger partial charge in [0, 0.05) is 18.1 Å². The van der Waals surface area contributed by atoms with E-state index in [0.717, 1.165) is 5.56 Å². The molecule has 0 spiro atoms.